The van der Waals surface area contributed by atoms with E-state index in [9.17, 15) is 14.4 Å². The first-order chi connectivity index (χ1) is 10.4. The minimum atomic E-state index is -0.944. The molecule has 22 heavy (non-hydrogen) atoms. The Balaban J connectivity index is 1.62. The number of carbonyl (C=O) groups excluding carboxylic acids is 3. The number of urea groups is 1. The molecule has 1 aromatic heterocycles. The van der Waals surface area contributed by atoms with Crippen LogP contribution in [0.25, 0.3) is 0 Å². The maximum atomic E-state index is 12.3. The van der Waals surface area contributed by atoms with Crippen molar-refractivity contribution < 1.29 is 14.4 Å². The Hall–Kier alpha value is -2.38. The van der Waals surface area contributed by atoms with E-state index in [0.29, 0.717) is 13.1 Å². The third-order valence-corrected chi connectivity index (χ3v) is 4.24. The molecule has 0 aliphatic carbocycles. The van der Waals surface area contributed by atoms with Crippen molar-refractivity contribution in [1.82, 2.24) is 25.3 Å². The van der Waals surface area contributed by atoms with Gasteiger partial charge in [0.25, 0.3) is 5.91 Å². The molecule has 1 aromatic rings. The maximum absolute atomic E-state index is 12.3. The molecule has 2 N–H and O–H groups in total. The fourth-order valence-electron chi connectivity index (χ4n) is 2.93. The van der Waals surface area contributed by atoms with E-state index in [0.717, 1.165) is 17.0 Å². The number of aromatic amines is 1. The number of nitrogens with zero attached hydrogens (tertiary/aromatic N) is 3. The quantitative estimate of drug-likeness (QED) is 0.771. The number of carbonyl (C=O) groups is 3. The van der Waals surface area contributed by atoms with Gasteiger partial charge in [-0.1, -0.05) is 0 Å². The van der Waals surface area contributed by atoms with E-state index >= 15 is 0 Å². The Labute approximate surface area is 127 Å². The van der Waals surface area contributed by atoms with E-state index in [4.69, 9.17) is 0 Å². The van der Waals surface area contributed by atoms with Crippen molar-refractivity contribution in [3.8, 4) is 0 Å². The lowest BCUT2D eigenvalue weighted by atomic mass is 10.1. The van der Waals surface area contributed by atoms with Crippen molar-refractivity contribution in [2.75, 3.05) is 19.6 Å². The van der Waals surface area contributed by atoms with Crippen LogP contribution < -0.4 is 5.32 Å². The number of H-pyrrole nitrogens is 1. The minimum absolute atomic E-state index is 0.205. The van der Waals surface area contributed by atoms with Gasteiger partial charge in [0.15, 0.2) is 0 Å². The molecule has 0 bridgehead atoms. The maximum Gasteiger partial charge on any atom is 0.325 e. The molecule has 0 unspecified atom stereocenters. The lowest BCUT2D eigenvalue weighted by molar-refractivity contribution is -0.137. The fraction of sp³-hybridized carbons (Fsp3) is 0.571. The zero-order valence-corrected chi connectivity index (χ0v) is 12.6. The van der Waals surface area contributed by atoms with Crippen LogP contribution in [-0.4, -0.2) is 63.0 Å². The fourth-order valence-corrected chi connectivity index (χ4v) is 2.93. The largest absolute Gasteiger partial charge is 0.340 e. The predicted octanol–water partition coefficient (Wildman–Crippen LogP) is 0.0560. The van der Waals surface area contributed by atoms with Crippen molar-refractivity contribution in [3.05, 3.63) is 18.0 Å². The lowest BCUT2D eigenvalue weighted by Crippen LogP contribution is -2.44. The zero-order valence-electron chi connectivity index (χ0n) is 12.6. The monoisotopic (exact) mass is 305 g/mol. The van der Waals surface area contributed by atoms with Crippen molar-refractivity contribution in [2.45, 2.75) is 31.7 Å². The number of hydrogen-bond donors (Lipinski definition) is 2. The first-order valence-corrected chi connectivity index (χ1v) is 7.29. The van der Waals surface area contributed by atoms with Gasteiger partial charge in [0.1, 0.15) is 12.1 Å². The predicted molar refractivity (Wildman–Crippen MR) is 76.8 cm³/mol. The molecule has 8 nitrogen and oxygen atoms in total. The zero-order chi connectivity index (χ0) is 15.9. The second-order valence-electron chi connectivity index (χ2n) is 6.28. The molecule has 2 fully saturated rings. The van der Waals surface area contributed by atoms with E-state index in [1.807, 2.05) is 6.07 Å². The van der Waals surface area contributed by atoms with Crippen LogP contribution in [0.3, 0.4) is 0 Å². The molecule has 8 heteroatoms. The molecule has 3 heterocycles. The summed E-state index contributed by atoms with van der Waals surface area (Å²) in [5.41, 5.74) is 0.0623. The Morgan fingerprint density at radius 1 is 1.45 bits per heavy atom. The van der Waals surface area contributed by atoms with Gasteiger partial charge < -0.3 is 10.2 Å². The summed E-state index contributed by atoms with van der Waals surface area (Å²) in [7, 11) is 0. The van der Waals surface area contributed by atoms with Gasteiger partial charge in [0.05, 0.1) is 0 Å². The standard InChI is InChI=1S/C14H19N5O3/c1-14(2)12(21)19(13(22)16-14)8-11(20)18-6-4-9(7-18)10-3-5-15-17-10/h3,5,9H,4,6-8H2,1-2H3,(H,15,17)(H,16,22)/t9-/m1/s1. The number of aromatic nitrogens is 2. The first-order valence-electron chi connectivity index (χ1n) is 7.29. The topological polar surface area (TPSA) is 98.4 Å². The molecular formula is C14H19N5O3. The highest BCUT2D eigenvalue weighted by molar-refractivity contribution is 6.08. The van der Waals surface area contributed by atoms with E-state index in [1.165, 1.54) is 0 Å². The third-order valence-electron chi connectivity index (χ3n) is 4.24. The van der Waals surface area contributed by atoms with Crippen LogP contribution >= 0.6 is 0 Å². The Bertz CT molecular complexity index is 610. The molecule has 0 saturated carbocycles. The SMILES string of the molecule is CC1(C)NC(=O)N(CC(=O)N2CC[C@@H](c3ccn[nH]3)C2)C1=O. The number of imide groups is 1. The molecule has 2 aliphatic rings. The molecule has 0 radical (unpaired) electrons. The average Bonchev–Trinajstić information content (AvgIpc) is 3.15. The third kappa shape index (κ3) is 2.44. The molecular weight excluding hydrogens is 286 g/mol. The van der Waals surface area contributed by atoms with Gasteiger partial charge in [-0.05, 0) is 26.3 Å². The van der Waals surface area contributed by atoms with E-state index in [2.05, 4.69) is 15.5 Å². The summed E-state index contributed by atoms with van der Waals surface area (Å²) in [5, 5.41) is 9.41. The van der Waals surface area contributed by atoms with E-state index in [1.54, 1.807) is 24.9 Å². The average molecular weight is 305 g/mol. The summed E-state index contributed by atoms with van der Waals surface area (Å²) >= 11 is 0. The van der Waals surface area contributed by atoms with Gasteiger partial charge >= 0.3 is 6.03 Å². The smallest absolute Gasteiger partial charge is 0.325 e. The second kappa shape index (κ2) is 5.11. The molecule has 0 aromatic carbocycles. The van der Waals surface area contributed by atoms with Gasteiger partial charge in [0, 0.05) is 30.9 Å². The van der Waals surface area contributed by atoms with Crippen LogP contribution in [0.2, 0.25) is 0 Å². The highest BCUT2D eigenvalue weighted by Crippen LogP contribution is 2.26. The highest BCUT2D eigenvalue weighted by Gasteiger charge is 2.45. The normalized spacial score (nSPS) is 24.0. The van der Waals surface area contributed by atoms with E-state index < -0.39 is 11.6 Å². The van der Waals surface area contributed by atoms with Crippen LogP contribution in [0.15, 0.2) is 12.3 Å². The molecule has 4 amide bonds. The molecule has 118 valence electrons. The second-order valence-corrected chi connectivity index (χ2v) is 6.28. The van der Waals surface area contributed by atoms with Crippen LogP contribution in [-0.2, 0) is 9.59 Å². The summed E-state index contributed by atoms with van der Waals surface area (Å²) in [6.07, 6.45) is 2.54. The number of likely N-dealkylation sites (tertiary alicyclic amines) is 1. The van der Waals surface area contributed by atoms with Gasteiger partial charge in [-0.3, -0.25) is 19.6 Å². The molecule has 3 rings (SSSR count). The van der Waals surface area contributed by atoms with Crippen LogP contribution in [0.5, 0.6) is 0 Å². The van der Waals surface area contributed by atoms with E-state index in [-0.39, 0.29) is 24.3 Å². The number of rotatable bonds is 3. The summed E-state index contributed by atoms with van der Waals surface area (Å²) in [6, 6.07) is 1.39. The van der Waals surface area contributed by atoms with Gasteiger partial charge in [0.2, 0.25) is 5.91 Å². The minimum Gasteiger partial charge on any atom is -0.340 e. The lowest BCUT2D eigenvalue weighted by Gasteiger charge is -2.20. The van der Waals surface area contributed by atoms with Crippen LogP contribution in [0.4, 0.5) is 4.79 Å². The van der Waals surface area contributed by atoms with Gasteiger partial charge in [-0.15, -0.1) is 0 Å². The molecule has 2 aliphatic heterocycles. The Kier molecular flexibility index (Phi) is 3.38. The summed E-state index contributed by atoms with van der Waals surface area (Å²) in [5.74, 6) is -0.343. The summed E-state index contributed by atoms with van der Waals surface area (Å²) in [4.78, 5) is 38.9. The van der Waals surface area contributed by atoms with Gasteiger partial charge in [-0.25, -0.2) is 4.79 Å². The number of hydrogen-bond acceptors (Lipinski definition) is 4. The number of nitrogens with one attached hydrogen (secondary N) is 2. The molecule has 1 atom stereocenters. The Morgan fingerprint density at radius 2 is 2.23 bits per heavy atom. The Morgan fingerprint density at radius 3 is 2.82 bits per heavy atom. The molecule has 0 spiro atoms. The molecule has 2 saturated heterocycles. The highest BCUT2D eigenvalue weighted by atomic mass is 16.2. The first kappa shape index (κ1) is 14.6. The summed E-state index contributed by atoms with van der Waals surface area (Å²) in [6.45, 7) is 4.25. The summed E-state index contributed by atoms with van der Waals surface area (Å²) < 4.78 is 0. The van der Waals surface area contributed by atoms with Crippen molar-refractivity contribution in [1.29, 1.82) is 0 Å². The number of amides is 4. The van der Waals surface area contributed by atoms with Crippen molar-refractivity contribution in [3.63, 3.8) is 0 Å². The van der Waals surface area contributed by atoms with Gasteiger partial charge in [-0.2, -0.15) is 5.10 Å². The van der Waals surface area contributed by atoms with Crippen molar-refractivity contribution >= 4 is 17.8 Å². The van der Waals surface area contributed by atoms with Crippen LogP contribution in [0, 0.1) is 0 Å². The van der Waals surface area contributed by atoms with Crippen LogP contribution in [0.1, 0.15) is 31.9 Å². The van der Waals surface area contributed by atoms with Crippen molar-refractivity contribution in [2.24, 2.45) is 0 Å².